The molecule has 4 N–H and O–H groups in total. The second-order valence-corrected chi connectivity index (χ2v) is 17.0. The van der Waals surface area contributed by atoms with Crippen molar-refractivity contribution in [3.63, 3.8) is 0 Å². The number of rotatable bonds is 3. The van der Waals surface area contributed by atoms with Crippen molar-refractivity contribution in [3.05, 3.63) is 36.4 Å². The van der Waals surface area contributed by atoms with Gasteiger partial charge in [-0.15, -0.1) is 0 Å². The number of aliphatic hydroxyl groups excluding tert-OH is 3. The number of aliphatic hydroxyl groups is 3. The molecule has 2 bridgehead atoms. The molecule has 10 atom stereocenters. The summed E-state index contributed by atoms with van der Waals surface area (Å²) in [6.45, 7) is -9.64. The first-order chi connectivity index (χ1) is 23.0. The van der Waals surface area contributed by atoms with Crippen molar-refractivity contribution in [2.24, 2.45) is 0 Å². The number of hydrogen-bond acceptors (Lipinski definition) is 19. The summed E-state index contributed by atoms with van der Waals surface area (Å²) in [5, 5.41) is 36.5. The first kappa shape index (κ1) is 39.5. The summed E-state index contributed by atoms with van der Waals surface area (Å²) in [4.78, 5) is 21.2. The van der Waals surface area contributed by atoms with Crippen LogP contribution in [0.25, 0.3) is 22.2 Å². The van der Waals surface area contributed by atoms with Crippen LogP contribution >= 0.6 is 13.6 Å². The fourth-order valence-electron chi connectivity index (χ4n) is 6.46. The van der Waals surface area contributed by atoms with Crippen LogP contribution in [-0.4, -0.2) is 106 Å². The number of fused-ring (bicyclic) bond motifs is 4. The van der Waals surface area contributed by atoms with Crippen LogP contribution in [0.3, 0.4) is 0 Å². The van der Waals surface area contributed by atoms with Crippen LogP contribution in [0, 0.1) is 0 Å². The molecule has 3 saturated heterocycles. The number of aryl methyl sites for hydroxylation is 1. The van der Waals surface area contributed by atoms with Crippen LogP contribution in [0.5, 0.6) is 0 Å². The molecule has 8 heterocycles. The molecule has 25 heteroatoms. The smallest absolute Gasteiger partial charge is 0.660 e. The predicted molar refractivity (Wildman–Crippen MR) is 167 cm³/mol. The molecule has 8 rings (SSSR count). The third-order valence-corrected chi connectivity index (χ3v) is 11.7. The molecule has 3 fully saturated rings. The van der Waals surface area contributed by atoms with E-state index in [0.717, 1.165) is 30.3 Å². The van der Waals surface area contributed by atoms with Gasteiger partial charge in [0, 0.05) is 12.7 Å². The number of imidazole rings is 1. The van der Waals surface area contributed by atoms with Gasteiger partial charge in [0.25, 0.3) is 0 Å². The number of anilines is 1. The molecular weight excluding hydrogens is 760 g/mol. The van der Waals surface area contributed by atoms with Gasteiger partial charge in [0.2, 0.25) is 6.80 Å². The van der Waals surface area contributed by atoms with Gasteiger partial charge < -0.3 is 77.3 Å². The first-order valence-corrected chi connectivity index (χ1v) is 20.0. The molecule has 258 valence electrons. The Balaban J connectivity index is 0.00000216. The summed E-state index contributed by atoms with van der Waals surface area (Å²) < 4.78 is 64.9. The van der Waals surface area contributed by atoms with E-state index >= 15 is 0 Å². The van der Waals surface area contributed by atoms with Gasteiger partial charge in [0.05, 0.1) is 37.2 Å². The number of ether oxygens (including phenoxy) is 2. The van der Waals surface area contributed by atoms with Crippen molar-refractivity contribution in [2.45, 2.75) is 68.5 Å². The fraction of sp³-hybridized carbons (Fsp3) is 0.560. The van der Waals surface area contributed by atoms with E-state index in [4.69, 9.17) is 52.1 Å². The van der Waals surface area contributed by atoms with Gasteiger partial charge in [-0.1, -0.05) is 0 Å². The molecule has 0 amide bonds. The van der Waals surface area contributed by atoms with Crippen molar-refractivity contribution in [1.29, 1.82) is 0 Å². The van der Waals surface area contributed by atoms with Crippen LogP contribution < -0.4 is 64.4 Å². The third-order valence-electron chi connectivity index (χ3n) is 8.65. The maximum absolute atomic E-state index is 13.6. The molecule has 4 aromatic rings. The van der Waals surface area contributed by atoms with Crippen molar-refractivity contribution in [2.75, 3.05) is 25.1 Å². The Morgan fingerprint density at radius 3 is 2.30 bits per heavy atom. The summed E-state index contributed by atoms with van der Waals surface area (Å²) in [5.74, 6) is 0.649. The van der Waals surface area contributed by atoms with E-state index in [1.165, 1.54) is 23.5 Å². The van der Waals surface area contributed by atoms with Crippen LogP contribution in [0.2, 0.25) is 0 Å². The molecule has 50 heavy (non-hydrogen) atoms. The van der Waals surface area contributed by atoms with Crippen LogP contribution in [0.1, 0.15) is 30.1 Å². The van der Waals surface area contributed by atoms with Gasteiger partial charge in [-0.25, -0.2) is 24.9 Å². The van der Waals surface area contributed by atoms with Crippen molar-refractivity contribution >= 4 is 66.1 Å². The Morgan fingerprint density at radius 2 is 1.54 bits per heavy atom. The Kier molecular flexibility index (Phi) is 12.2. The van der Waals surface area contributed by atoms with Crippen LogP contribution in [0.4, 0.5) is 5.82 Å². The summed E-state index contributed by atoms with van der Waals surface area (Å²) in [5.41, 5.74) is 2.12. The second-order valence-electron chi connectivity index (χ2n) is 11.6. The monoisotopic (exact) mass is 788 g/mol. The molecular formula is C25H28N8Na2O11P2S2. The SMILES string of the molecule is O=P1([S-])OC[C@H]2O[C@@H](n3cc4c5c(ncnc53)NCCC4)[C@H](O)[C@@H]2OP(=O)([S-])OC[C@H]2O[C@@H](n3cnc4c(CO)ncnc43)[C@H](O1)[C@@H]2O.[Na+].[Na+]. The van der Waals surface area contributed by atoms with E-state index < -0.39 is 82.5 Å². The maximum Gasteiger partial charge on any atom is 1.00 e. The number of nitrogens with one attached hydrogen (secondary N) is 1. The normalized spacial score (nSPS) is 35.9. The molecule has 0 saturated carbocycles. The van der Waals surface area contributed by atoms with Gasteiger partial charge in [0.1, 0.15) is 66.3 Å². The minimum atomic E-state index is -4.44. The zero-order valence-corrected chi connectivity index (χ0v) is 34.0. The quantitative estimate of drug-likeness (QED) is 0.0863. The molecule has 2 unspecified atom stereocenters. The van der Waals surface area contributed by atoms with Gasteiger partial charge in [-0.2, -0.15) is 0 Å². The summed E-state index contributed by atoms with van der Waals surface area (Å²) in [6, 6.07) is 0. The fourth-order valence-corrected chi connectivity index (χ4v) is 9.29. The Bertz CT molecular complexity index is 1980. The minimum absolute atomic E-state index is 0. The van der Waals surface area contributed by atoms with E-state index in [-0.39, 0.29) is 76.0 Å². The van der Waals surface area contributed by atoms with E-state index in [0.29, 0.717) is 11.5 Å². The van der Waals surface area contributed by atoms with Gasteiger partial charge >= 0.3 is 59.1 Å². The molecule has 19 nitrogen and oxygen atoms in total. The van der Waals surface area contributed by atoms with Crippen LogP contribution in [0.15, 0.2) is 25.2 Å². The minimum Gasteiger partial charge on any atom is -0.660 e. The maximum atomic E-state index is 13.6. The summed E-state index contributed by atoms with van der Waals surface area (Å²) in [6.07, 6.45) is -3.37. The van der Waals surface area contributed by atoms with Gasteiger partial charge in [0.15, 0.2) is 24.9 Å². The molecule has 0 spiro atoms. The van der Waals surface area contributed by atoms with Crippen molar-refractivity contribution in [1.82, 2.24) is 34.1 Å². The number of nitrogens with zero attached hydrogens (tertiary/aromatic N) is 7. The molecule has 4 aliphatic rings. The first-order valence-electron chi connectivity index (χ1n) is 14.8. The van der Waals surface area contributed by atoms with E-state index in [1.807, 2.05) is 0 Å². The zero-order chi connectivity index (χ0) is 33.4. The second kappa shape index (κ2) is 15.5. The summed E-state index contributed by atoms with van der Waals surface area (Å²) >= 11 is 10.4. The van der Waals surface area contributed by atoms with Crippen molar-refractivity contribution < 1.29 is 111 Å². The largest absolute Gasteiger partial charge is 1.00 e. The molecule has 0 radical (unpaired) electrons. The summed E-state index contributed by atoms with van der Waals surface area (Å²) in [7, 11) is 0. The Morgan fingerprint density at radius 1 is 0.860 bits per heavy atom. The average Bonchev–Trinajstić information content (AvgIpc) is 3.76. The van der Waals surface area contributed by atoms with E-state index in [9.17, 15) is 24.4 Å². The molecule has 4 aromatic heterocycles. The Hall–Kier alpha value is -0.230. The molecule has 0 aliphatic carbocycles. The van der Waals surface area contributed by atoms with E-state index in [1.54, 1.807) is 10.8 Å². The average molecular weight is 789 g/mol. The predicted octanol–water partition coefficient (Wildman–Crippen LogP) is -5.23. The molecule has 0 aromatic carbocycles. The zero-order valence-electron chi connectivity index (χ0n) is 26.6. The Labute approximate surface area is 338 Å². The number of hydrogen-bond donors (Lipinski definition) is 4. The van der Waals surface area contributed by atoms with Gasteiger partial charge in [-0.3, -0.25) is 13.7 Å². The topological polar surface area (TPSA) is 237 Å². The van der Waals surface area contributed by atoms with Crippen molar-refractivity contribution in [3.8, 4) is 0 Å². The molecule has 4 aliphatic heterocycles. The standard InChI is InChI=1S/C25H30N8O11P2S2.2Na/c34-5-12-16-23(30-8-27-12)33(10-31-16)25-20-17(35)13(41-25)6-39-45(37,47)43-19-14(7-40-46(38,48)44-20)42-24(18(19)36)32-4-11-2-1-3-26-21-15(11)22(32)29-9-28-21;;/h4,8-10,13-14,17-20,24-25,34-36H,1-3,5-7H2,(H,37,47)(H,38,48)(H,26,28,29);;/q;2*+1/p-2/t13-,14-,17-,18-,19-,20-,24-,25-,45?,46?;;/m1../s1. The van der Waals surface area contributed by atoms with Gasteiger partial charge in [-0.05, 0) is 18.4 Å². The van der Waals surface area contributed by atoms with Crippen LogP contribution in [-0.2, 0) is 74.2 Å². The third kappa shape index (κ3) is 7.28. The number of aromatic nitrogens is 7. The van der Waals surface area contributed by atoms with E-state index in [2.05, 4.69) is 30.2 Å².